The van der Waals surface area contributed by atoms with Gasteiger partial charge in [0.05, 0.1) is 0 Å². The summed E-state index contributed by atoms with van der Waals surface area (Å²) in [5.74, 6) is 0. The molecule has 100 valence electrons. The summed E-state index contributed by atoms with van der Waals surface area (Å²) < 4.78 is 0. The summed E-state index contributed by atoms with van der Waals surface area (Å²) in [7, 11) is 0. The summed E-state index contributed by atoms with van der Waals surface area (Å²) in [5, 5.41) is 0. The largest absolute Gasteiger partial charge is 0.103 e. The van der Waals surface area contributed by atoms with Gasteiger partial charge in [0, 0.05) is 0 Å². The van der Waals surface area contributed by atoms with E-state index < -0.39 is 0 Å². The van der Waals surface area contributed by atoms with E-state index in [4.69, 9.17) is 0 Å². The van der Waals surface area contributed by atoms with E-state index in [1.807, 2.05) is 6.08 Å². The third-order valence-corrected chi connectivity index (χ3v) is 3.57. The Bertz CT molecular complexity index is 323. The molecule has 0 heterocycles. The molecule has 0 aliphatic rings. The van der Waals surface area contributed by atoms with Crippen LogP contribution in [0.5, 0.6) is 0 Å². The Morgan fingerprint density at radius 3 is 1.94 bits per heavy atom. The van der Waals surface area contributed by atoms with Crippen LogP contribution in [-0.4, -0.2) is 0 Å². The fourth-order valence-corrected chi connectivity index (χ4v) is 2.46. The second-order valence-electron chi connectivity index (χ2n) is 5.09. The number of unbranched alkanes of at least 4 members (excludes halogenated alkanes) is 2. The Morgan fingerprint density at radius 2 is 1.50 bits per heavy atom. The van der Waals surface area contributed by atoms with Crippen LogP contribution in [0.1, 0.15) is 62.6 Å². The van der Waals surface area contributed by atoms with Gasteiger partial charge in [-0.3, -0.25) is 0 Å². The highest BCUT2D eigenvalue weighted by Crippen LogP contribution is 2.21. The molecule has 0 unspecified atom stereocenters. The Labute approximate surface area is 113 Å². The summed E-state index contributed by atoms with van der Waals surface area (Å²) in [6.07, 6.45) is 12.0. The van der Waals surface area contributed by atoms with Crippen molar-refractivity contribution in [3.05, 3.63) is 47.5 Å². The zero-order chi connectivity index (χ0) is 13.2. The first-order valence-corrected chi connectivity index (χ1v) is 7.54. The lowest BCUT2D eigenvalue weighted by Gasteiger charge is -2.14. The van der Waals surface area contributed by atoms with E-state index in [2.05, 4.69) is 38.6 Å². The molecule has 0 radical (unpaired) electrons. The fraction of sp³-hybridized carbons (Fsp3) is 0.556. The maximum Gasteiger partial charge on any atom is -0.0239 e. The van der Waals surface area contributed by atoms with Crippen LogP contribution >= 0.6 is 0 Å². The molecule has 0 nitrogen and oxygen atoms in total. The smallest absolute Gasteiger partial charge is 0.0239 e. The van der Waals surface area contributed by atoms with Gasteiger partial charge in [0.25, 0.3) is 0 Å². The first kappa shape index (κ1) is 15.0. The zero-order valence-corrected chi connectivity index (χ0v) is 12.2. The minimum Gasteiger partial charge on any atom is -0.103 e. The van der Waals surface area contributed by atoms with Gasteiger partial charge in [-0.05, 0) is 55.2 Å². The number of hydrogen-bond acceptors (Lipinski definition) is 0. The molecule has 0 heteroatoms. The van der Waals surface area contributed by atoms with E-state index in [1.165, 1.54) is 44.9 Å². The van der Waals surface area contributed by atoms with Crippen molar-refractivity contribution in [3.8, 4) is 0 Å². The van der Waals surface area contributed by atoms with Crippen molar-refractivity contribution in [2.24, 2.45) is 0 Å². The highest BCUT2D eigenvalue weighted by Gasteiger charge is 2.07. The van der Waals surface area contributed by atoms with Gasteiger partial charge in [-0.1, -0.05) is 51.0 Å². The SMILES string of the molecule is C=CCCc1c(CCCC)cccc1CCCC. The van der Waals surface area contributed by atoms with Crippen LogP contribution in [0.2, 0.25) is 0 Å². The molecular weight excluding hydrogens is 216 g/mol. The predicted molar refractivity (Wildman–Crippen MR) is 82.2 cm³/mol. The molecule has 0 saturated heterocycles. The molecule has 0 fully saturated rings. The normalized spacial score (nSPS) is 10.6. The number of benzene rings is 1. The van der Waals surface area contributed by atoms with Crippen LogP contribution in [0, 0.1) is 0 Å². The van der Waals surface area contributed by atoms with Crippen molar-refractivity contribution in [2.75, 3.05) is 0 Å². The minimum absolute atomic E-state index is 1.10. The van der Waals surface area contributed by atoms with E-state index in [0.717, 1.165) is 6.42 Å². The van der Waals surface area contributed by atoms with Gasteiger partial charge >= 0.3 is 0 Å². The maximum atomic E-state index is 3.86. The lowest BCUT2D eigenvalue weighted by atomic mass is 9.91. The summed E-state index contributed by atoms with van der Waals surface area (Å²) in [5.41, 5.74) is 4.76. The minimum atomic E-state index is 1.10. The molecule has 0 spiro atoms. The standard InChI is InChI=1S/C18H28/c1-4-7-11-16-13-10-14-17(12-8-5-2)18(16)15-9-6-3/h6,10,13-14H,3-5,7-9,11-12,15H2,1-2H3. The molecule has 0 amide bonds. The van der Waals surface area contributed by atoms with Crippen molar-refractivity contribution >= 4 is 0 Å². The summed E-state index contributed by atoms with van der Waals surface area (Å²) >= 11 is 0. The fourth-order valence-electron chi connectivity index (χ4n) is 2.46. The average molecular weight is 244 g/mol. The van der Waals surface area contributed by atoms with Crippen LogP contribution < -0.4 is 0 Å². The van der Waals surface area contributed by atoms with Crippen LogP contribution in [-0.2, 0) is 19.3 Å². The molecule has 0 aliphatic heterocycles. The van der Waals surface area contributed by atoms with Crippen LogP contribution in [0.25, 0.3) is 0 Å². The van der Waals surface area contributed by atoms with Gasteiger partial charge in [0.15, 0.2) is 0 Å². The number of rotatable bonds is 9. The Kier molecular flexibility index (Phi) is 7.48. The second-order valence-corrected chi connectivity index (χ2v) is 5.09. The molecule has 0 aliphatic carbocycles. The van der Waals surface area contributed by atoms with Gasteiger partial charge in [0.2, 0.25) is 0 Å². The Morgan fingerprint density at radius 1 is 0.944 bits per heavy atom. The molecule has 0 bridgehead atoms. The molecule has 1 rings (SSSR count). The first-order valence-electron chi connectivity index (χ1n) is 7.54. The highest BCUT2D eigenvalue weighted by atomic mass is 14.1. The Balaban J connectivity index is 2.88. The Hall–Kier alpha value is -1.04. The van der Waals surface area contributed by atoms with E-state index in [9.17, 15) is 0 Å². The van der Waals surface area contributed by atoms with Crippen LogP contribution in [0.4, 0.5) is 0 Å². The van der Waals surface area contributed by atoms with Crippen molar-refractivity contribution in [1.82, 2.24) is 0 Å². The number of allylic oxidation sites excluding steroid dienone is 1. The van der Waals surface area contributed by atoms with Gasteiger partial charge < -0.3 is 0 Å². The van der Waals surface area contributed by atoms with E-state index in [0.29, 0.717) is 0 Å². The zero-order valence-electron chi connectivity index (χ0n) is 12.2. The summed E-state index contributed by atoms with van der Waals surface area (Å²) in [6.45, 7) is 8.40. The highest BCUT2D eigenvalue weighted by molar-refractivity contribution is 5.36. The predicted octanol–water partition coefficient (Wildman–Crippen LogP) is 5.49. The molecule has 1 aromatic carbocycles. The summed E-state index contributed by atoms with van der Waals surface area (Å²) in [6, 6.07) is 6.89. The van der Waals surface area contributed by atoms with Gasteiger partial charge in [-0.25, -0.2) is 0 Å². The van der Waals surface area contributed by atoms with Gasteiger partial charge in [-0.2, -0.15) is 0 Å². The maximum absolute atomic E-state index is 3.86. The molecule has 0 atom stereocenters. The lowest BCUT2D eigenvalue weighted by Crippen LogP contribution is -2.01. The van der Waals surface area contributed by atoms with Gasteiger partial charge in [-0.15, -0.1) is 6.58 Å². The van der Waals surface area contributed by atoms with E-state index in [1.54, 1.807) is 16.7 Å². The van der Waals surface area contributed by atoms with Crippen molar-refractivity contribution in [2.45, 2.75) is 65.2 Å². The number of hydrogen-bond donors (Lipinski definition) is 0. The van der Waals surface area contributed by atoms with Gasteiger partial charge in [0.1, 0.15) is 0 Å². The number of aryl methyl sites for hydroxylation is 2. The monoisotopic (exact) mass is 244 g/mol. The third-order valence-electron chi connectivity index (χ3n) is 3.57. The lowest BCUT2D eigenvalue weighted by molar-refractivity contribution is 0.761. The molecule has 18 heavy (non-hydrogen) atoms. The quantitative estimate of drug-likeness (QED) is 0.504. The third kappa shape index (κ3) is 4.68. The second kappa shape index (κ2) is 8.97. The van der Waals surface area contributed by atoms with Crippen molar-refractivity contribution in [1.29, 1.82) is 0 Å². The summed E-state index contributed by atoms with van der Waals surface area (Å²) in [4.78, 5) is 0. The van der Waals surface area contributed by atoms with Crippen molar-refractivity contribution < 1.29 is 0 Å². The topological polar surface area (TPSA) is 0 Å². The van der Waals surface area contributed by atoms with E-state index >= 15 is 0 Å². The first-order chi connectivity index (χ1) is 8.83. The molecule has 0 saturated carbocycles. The van der Waals surface area contributed by atoms with Crippen LogP contribution in [0.3, 0.4) is 0 Å². The average Bonchev–Trinajstić information content (AvgIpc) is 2.41. The van der Waals surface area contributed by atoms with Crippen molar-refractivity contribution in [3.63, 3.8) is 0 Å². The van der Waals surface area contributed by atoms with E-state index in [-0.39, 0.29) is 0 Å². The molecular formula is C18H28. The molecule has 0 aromatic heterocycles. The molecule has 1 aromatic rings. The van der Waals surface area contributed by atoms with Crippen LogP contribution in [0.15, 0.2) is 30.9 Å². The molecule has 0 N–H and O–H groups in total.